The maximum absolute atomic E-state index is 5.77. The van der Waals surface area contributed by atoms with E-state index in [1.54, 1.807) is 0 Å². The first-order chi connectivity index (χ1) is 9.78. The lowest BCUT2D eigenvalue weighted by atomic mass is 10.1. The zero-order valence-corrected chi connectivity index (χ0v) is 12.4. The summed E-state index contributed by atoms with van der Waals surface area (Å²) in [4.78, 5) is 0. The van der Waals surface area contributed by atoms with Gasteiger partial charge in [0.25, 0.3) is 0 Å². The second-order valence-electron chi connectivity index (χ2n) is 5.10. The Kier molecular flexibility index (Phi) is 5.63. The molecule has 20 heavy (non-hydrogen) atoms. The minimum Gasteiger partial charge on any atom is -0.489 e. The Bertz CT molecular complexity index is 502. The van der Waals surface area contributed by atoms with E-state index in [0.29, 0.717) is 6.61 Å². The topological polar surface area (TPSA) is 21.3 Å². The van der Waals surface area contributed by atoms with Gasteiger partial charge in [0.05, 0.1) is 0 Å². The van der Waals surface area contributed by atoms with Gasteiger partial charge in [0.2, 0.25) is 0 Å². The Morgan fingerprint density at radius 3 is 2.20 bits per heavy atom. The predicted octanol–water partition coefficient (Wildman–Crippen LogP) is 4.07. The van der Waals surface area contributed by atoms with Crippen LogP contribution in [0, 0.1) is 6.92 Å². The molecule has 0 amide bonds. The molecular formula is C18H23NO. The summed E-state index contributed by atoms with van der Waals surface area (Å²) in [5.41, 5.74) is 3.77. The minimum absolute atomic E-state index is 0.617. The van der Waals surface area contributed by atoms with Crippen LogP contribution in [0.4, 0.5) is 0 Å². The van der Waals surface area contributed by atoms with Crippen LogP contribution in [-0.2, 0) is 13.2 Å². The van der Waals surface area contributed by atoms with Crippen LogP contribution in [0.3, 0.4) is 0 Å². The highest BCUT2D eigenvalue weighted by molar-refractivity contribution is 5.27. The molecule has 0 unspecified atom stereocenters. The van der Waals surface area contributed by atoms with E-state index in [1.165, 1.54) is 23.1 Å². The Morgan fingerprint density at radius 2 is 1.55 bits per heavy atom. The summed E-state index contributed by atoms with van der Waals surface area (Å²) in [5, 5.41) is 3.40. The van der Waals surface area contributed by atoms with Crippen molar-refractivity contribution in [3.8, 4) is 5.75 Å². The zero-order valence-electron chi connectivity index (χ0n) is 12.4. The molecule has 0 aromatic heterocycles. The van der Waals surface area contributed by atoms with Crippen molar-refractivity contribution in [2.75, 3.05) is 6.54 Å². The number of nitrogens with one attached hydrogen (secondary N) is 1. The van der Waals surface area contributed by atoms with E-state index in [0.717, 1.165) is 18.8 Å². The molecule has 0 radical (unpaired) electrons. The molecule has 0 heterocycles. The van der Waals surface area contributed by atoms with Gasteiger partial charge >= 0.3 is 0 Å². The average molecular weight is 269 g/mol. The van der Waals surface area contributed by atoms with Crippen LogP contribution in [0.2, 0.25) is 0 Å². The minimum atomic E-state index is 0.617. The van der Waals surface area contributed by atoms with Gasteiger partial charge < -0.3 is 10.1 Å². The second-order valence-corrected chi connectivity index (χ2v) is 5.10. The zero-order chi connectivity index (χ0) is 14.2. The molecule has 0 saturated heterocycles. The van der Waals surface area contributed by atoms with E-state index in [1.807, 2.05) is 12.1 Å². The smallest absolute Gasteiger partial charge is 0.119 e. The Balaban J connectivity index is 1.82. The summed E-state index contributed by atoms with van der Waals surface area (Å²) in [7, 11) is 0. The number of rotatable bonds is 7. The molecule has 0 aliphatic heterocycles. The lowest BCUT2D eigenvalue weighted by Crippen LogP contribution is -2.13. The van der Waals surface area contributed by atoms with Crippen LogP contribution in [0.25, 0.3) is 0 Å². The number of hydrogen-bond acceptors (Lipinski definition) is 2. The van der Waals surface area contributed by atoms with Gasteiger partial charge in [0.1, 0.15) is 12.4 Å². The van der Waals surface area contributed by atoms with Crippen LogP contribution in [-0.4, -0.2) is 6.54 Å². The lowest BCUT2D eigenvalue weighted by molar-refractivity contribution is 0.306. The molecule has 106 valence electrons. The molecule has 2 rings (SSSR count). The van der Waals surface area contributed by atoms with Crippen LogP contribution >= 0.6 is 0 Å². The Hall–Kier alpha value is -1.80. The van der Waals surface area contributed by atoms with Crippen LogP contribution in [0.1, 0.15) is 30.0 Å². The van der Waals surface area contributed by atoms with E-state index < -0.39 is 0 Å². The maximum atomic E-state index is 5.77. The summed E-state index contributed by atoms with van der Waals surface area (Å²) in [6.45, 7) is 6.88. The SMILES string of the molecule is CCCNCc1ccc(COc2ccc(C)cc2)cc1. The summed E-state index contributed by atoms with van der Waals surface area (Å²) in [5.74, 6) is 0.921. The summed E-state index contributed by atoms with van der Waals surface area (Å²) >= 11 is 0. The molecule has 0 aliphatic rings. The normalized spacial score (nSPS) is 10.5. The van der Waals surface area contributed by atoms with Crippen molar-refractivity contribution in [1.29, 1.82) is 0 Å². The lowest BCUT2D eigenvalue weighted by Gasteiger charge is -2.08. The maximum Gasteiger partial charge on any atom is 0.119 e. The molecular weight excluding hydrogens is 246 g/mol. The van der Waals surface area contributed by atoms with Gasteiger partial charge in [-0.1, -0.05) is 48.9 Å². The highest BCUT2D eigenvalue weighted by Gasteiger charge is 1.97. The molecule has 2 aromatic rings. The molecule has 2 aromatic carbocycles. The highest BCUT2D eigenvalue weighted by Crippen LogP contribution is 2.14. The van der Waals surface area contributed by atoms with Gasteiger partial charge in [0, 0.05) is 6.54 Å². The van der Waals surface area contributed by atoms with Crippen molar-refractivity contribution in [2.45, 2.75) is 33.4 Å². The second kappa shape index (κ2) is 7.71. The standard InChI is InChI=1S/C18H23NO/c1-3-12-19-13-16-6-8-17(9-7-16)14-20-18-10-4-15(2)5-11-18/h4-11,19H,3,12-14H2,1-2H3. The highest BCUT2D eigenvalue weighted by atomic mass is 16.5. The van der Waals surface area contributed by atoms with Gasteiger partial charge in [-0.2, -0.15) is 0 Å². The first kappa shape index (κ1) is 14.6. The van der Waals surface area contributed by atoms with Gasteiger partial charge in [-0.05, 0) is 43.1 Å². The molecule has 0 saturated carbocycles. The van der Waals surface area contributed by atoms with Crippen molar-refractivity contribution in [1.82, 2.24) is 5.32 Å². The third kappa shape index (κ3) is 4.71. The monoisotopic (exact) mass is 269 g/mol. The van der Waals surface area contributed by atoms with Crippen LogP contribution < -0.4 is 10.1 Å². The van der Waals surface area contributed by atoms with Gasteiger partial charge in [0.15, 0.2) is 0 Å². The van der Waals surface area contributed by atoms with Gasteiger partial charge in [-0.25, -0.2) is 0 Å². The van der Waals surface area contributed by atoms with Crippen molar-refractivity contribution in [2.24, 2.45) is 0 Å². The molecule has 0 atom stereocenters. The number of ether oxygens (including phenoxy) is 1. The number of benzene rings is 2. The van der Waals surface area contributed by atoms with Crippen molar-refractivity contribution in [3.63, 3.8) is 0 Å². The third-order valence-electron chi connectivity index (χ3n) is 3.21. The van der Waals surface area contributed by atoms with E-state index in [2.05, 4.69) is 55.6 Å². The average Bonchev–Trinajstić information content (AvgIpc) is 2.48. The predicted molar refractivity (Wildman–Crippen MR) is 84.0 cm³/mol. The fourth-order valence-electron chi connectivity index (χ4n) is 1.96. The molecule has 0 spiro atoms. The largest absolute Gasteiger partial charge is 0.489 e. The molecule has 0 bridgehead atoms. The van der Waals surface area contributed by atoms with E-state index in [-0.39, 0.29) is 0 Å². The summed E-state index contributed by atoms with van der Waals surface area (Å²) in [6.07, 6.45) is 1.17. The first-order valence-corrected chi connectivity index (χ1v) is 7.26. The molecule has 2 heteroatoms. The fourth-order valence-corrected chi connectivity index (χ4v) is 1.96. The fraction of sp³-hybridized carbons (Fsp3) is 0.333. The summed E-state index contributed by atoms with van der Waals surface area (Å²) < 4.78 is 5.77. The van der Waals surface area contributed by atoms with Crippen molar-refractivity contribution >= 4 is 0 Å². The quantitative estimate of drug-likeness (QED) is 0.765. The van der Waals surface area contributed by atoms with Crippen molar-refractivity contribution in [3.05, 3.63) is 65.2 Å². The van der Waals surface area contributed by atoms with Gasteiger partial charge in [-0.15, -0.1) is 0 Å². The summed E-state index contributed by atoms with van der Waals surface area (Å²) in [6, 6.07) is 16.8. The first-order valence-electron chi connectivity index (χ1n) is 7.26. The van der Waals surface area contributed by atoms with E-state index in [9.17, 15) is 0 Å². The van der Waals surface area contributed by atoms with Crippen LogP contribution in [0.5, 0.6) is 5.75 Å². The molecule has 1 N–H and O–H groups in total. The van der Waals surface area contributed by atoms with Crippen LogP contribution in [0.15, 0.2) is 48.5 Å². The number of aryl methyl sites for hydroxylation is 1. The number of hydrogen-bond donors (Lipinski definition) is 1. The molecule has 0 aliphatic carbocycles. The molecule has 0 fully saturated rings. The van der Waals surface area contributed by atoms with Gasteiger partial charge in [-0.3, -0.25) is 0 Å². The van der Waals surface area contributed by atoms with E-state index in [4.69, 9.17) is 4.74 Å². The molecule has 2 nitrogen and oxygen atoms in total. The van der Waals surface area contributed by atoms with Crippen molar-refractivity contribution < 1.29 is 4.74 Å². The Morgan fingerprint density at radius 1 is 0.900 bits per heavy atom. The van der Waals surface area contributed by atoms with E-state index >= 15 is 0 Å². The Labute approximate surface area is 121 Å². The third-order valence-corrected chi connectivity index (χ3v) is 3.21.